The summed E-state index contributed by atoms with van der Waals surface area (Å²) in [4.78, 5) is 42.2. The lowest BCUT2D eigenvalue weighted by molar-refractivity contribution is -0.116. The van der Waals surface area contributed by atoms with Crippen LogP contribution in [0.4, 0.5) is 10.7 Å². The normalized spacial score (nSPS) is 14.5. The van der Waals surface area contributed by atoms with E-state index in [4.69, 9.17) is 0 Å². The molecule has 1 aliphatic carbocycles. The minimum atomic E-state index is -0.480. The third-order valence-corrected chi connectivity index (χ3v) is 11.4. The predicted molar refractivity (Wildman–Crippen MR) is 207 cm³/mol. The van der Waals surface area contributed by atoms with Crippen LogP contribution in [0.5, 0.6) is 0 Å². The van der Waals surface area contributed by atoms with Gasteiger partial charge < -0.3 is 16.0 Å². The number of nitrogens with one attached hydrogen (secondary N) is 3. The zero-order valence-corrected chi connectivity index (χ0v) is 30.1. The van der Waals surface area contributed by atoms with Crippen LogP contribution in [0, 0.1) is 18.3 Å². The molecular weight excluding hydrogens is 673 g/mol. The molecule has 0 spiro atoms. The Kier molecular flexibility index (Phi) is 11.5. The lowest BCUT2D eigenvalue weighted by atomic mass is 9.83. The van der Waals surface area contributed by atoms with Crippen LogP contribution in [0.15, 0.2) is 120 Å². The van der Waals surface area contributed by atoms with Crippen LogP contribution in [0.2, 0.25) is 0 Å². The van der Waals surface area contributed by atoms with Gasteiger partial charge in [-0.3, -0.25) is 14.4 Å². The lowest BCUT2D eigenvalue weighted by Crippen LogP contribution is -2.30. The van der Waals surface area contributed by atoms with Crippen LogP contribution in [0.3, 0.4) is 0 Å². The summed E-state index contributed by atoms with van der Waals surface area (Å²) in [6.07, 6.45) is 4.85. The number of aryl methyl sites for hydroxylation is 1. The van der Waals surface area contributed by atoms with Crippen molar-refractivity contribution in [2.24, 2.45) is 0 Å². The van der Waals surface area contributed by atoms with E-state index in [0.29, 0.717) is 34.2 Å². The SMILES string of the molecule is CCC(Sc1cccc(NC(=O)/C(=C/c2ccc(C)cc2)NC(=O)c2ccccc2)c1)C(=O)Nc1sc2c(c1C#N)CCC(c1ccccc1)C2. The summed E-state index contributed by atoms with van der Waals surface area (Å²) in [5.74, 6) is -0.647. The molecule has 0 bridgehead atoms. The summed E-state index contributed by atoms with van der Waals surface area (Å²) >= 11 is 2.91. The van der Waals surface area contributed by atoms with Gasteiger partial charge in [0.15, 0.2) is 0 Å². The summed E-state index contributed by atoms with van der Waals surface area (Å²) in [6.45, 7) is 3.94. The number of carbonyl (C=O) groups excluding carboxylic acids is 3. The Hall–Kier alpha value is -5.43. The number of anilines is 2. The number of hydrogen-bond acceptors (Lipinski definition) is 6. The number of rotatable bonds is 11. The van der Waals surface area contributed by atoms with Crippen molar-refractivity contribution in [2.45, 2.75) is 55.6 Å². The van der Waals surface area contributed by atoms with Crippen molar-refractivity contribution in [3.63, 3.8) is 0 Å². The number of amides is 3. The Labute approximate surface area is 306 Å². The molecule has 256 valence electrons. The van der Waals surface area contributed by atoms with Crippen LogP contribution in [0.1, 0.15) is 68.7 Å². The smallest absolute Gasteiger partial charge is 0.272 e. The molecule has 2 atom stereocenters. The third-order valence-electron chi connectivity index (χ3n) is 8.84. The molecule has 6 rings (SSSR count). The number of benzene rings is 4. The largest absolute Gasteiger partial charge is 0.321 e. The molecule has 0 aliphatic heterocycles. The Bertz CT molecular complexity index is 2100. The Morgan fingerprint density at radius 3 is 2.37 bits per heavy atom. The second-order valence-corrected chi connectivity index (χ2v) is 14.8. The highest BCUT2D eigenvalue weighted by Gasteiger charge is 2.28. The summed E-state index contributed by atoms with van der Waals surface area (Å²) in [7, 11) is 0. The number of thioether (sulfide) groups is 1. The Morgan fingerprint density at radius 2 is 1.67 bits per heavy atom. The van der Waals surface area contributed by atoms with Crippen LogP contribution in [-0.2, 0) is 22.4 Å². The number of fused-ring (bicyclic) bond motifs is 1. The van der Waals surface area contributed by atoms with E-state index in [1.807, 2.05) is 68.4 Å². The maximum Gasteiger partial charge on any atom is 0.272 e. The van der Waals surface area contributed by atoms with Crippen molar-refractivity contribution >= 4 is 57.6 Å². The molecule has 4 aromatic carbocycles. The topological polar surface area (TPSA) is 111 Å². The zero-order valence-electron chi connectivity index (χ0n) is 28.4. The maximum absolute atomic E-state index is 13.6. The van der Waals surface area contributed by atoms with Gasteiger partial charge in [-0.1, -0.05) is 91.3 Å². The van der Waals surface area contributed by atoms with Gasteiger partial charge in [0.2, 0.25) is 5.91 Å². The van der Waals surface area contributed by atoms with Crippen molar-refractivity contribution in [3.05, 3.63) is 153 Å². The second kappa shape index (κ2) is 16.5. The van der Waals surface area contributed by atoms with Gasteiger partial charge in [0.1, 0.15) is 16.8 Å². The van der Waals surface area contributed by atoms with E-state index >= 15 is 0 Å². The fourth-order valence-electron chi connectivity index (χ4n) is 6.10. The molecule has 9 heteroatoms. The quantitative estimate of drug-likeness (QED) is 0.0936. The highest BCUT2D eigenvalue weighted by Crippen LogP contribution is 2.42. The molecule has 2 unspecified atom stereocenters. The first-order chi connectivity index (χ1) is 24.8. The number of nitrogens with zero attached hydrogens (tertiary/aromatic N) is 1. The summed E-state index contributed by atoms with van der Waals surface area (Å²) < 4.78 is 0. The molecule has 3 N–H and O–H groups in total. The number of thiophene rings is 1. The van der Waals surface area contributed by atoms with Gasteiger partial charge in [0, 0.05) is 21.0 Å². The van der Waals surface area contributed by atoms with E-state index in [1.165, 1.54) is 33.5 Å². The summed E-state index contributed by atoms with van der Waals surface area (Å²) in [6, 6.07) is 36.5. The van der Waals surface area contributed by atoms with Crippen LogP contribution in [0.25, 0.3) is 6.08 Å². The average Bonchev–Trinajstić information content (AvgIpc) is 3.51. The van der Waals surface area contributed by atoms with Gasteiger partial charge in [-0.2, -0.15) is 5.26 Å². The molecule has 0 fully saturated rings. The van der Waals surface area contributed by atoms with E-state index < -0.39 is 17.1 Å². The monoisotopic (exact) mass is 710 g/mol. The standard InChI is InChI=1S/C42H38N4O3S2/c1-3-37(41(49)46-42-35(26-43)34-22-21-31(24-38(34)51-42)29-11-6-4-7-12-29)50-33-16-10-15-32(25-33)44-40(48)36(23-28-19-17-27(2)18-20-28)45-39(47)30-13-8-5-9-14-30/h4-20,23,25,31,37H,3,21-22,24H2,1-2H3,(H,44,48)(H,45,47)(H,46,49)/b36-23-. The van der Waals surface area contributed by atoms with Crippen molar-refractivity contribution in [2.75, 3.05) is 10.6 Å². The van der Waals surface area contributed by atoms with Gasteiger partial charge in [0.25, 0.3) is 11.8 Å². The molecule has 1 heterocycles. The minimum Gasteiger partial charge on any atom is -0.321 e. The van der Waals surface area contributed by atoms with Gasteiger partial charge in [0.05, 0.1) is 10.8 Å². The Morgan fingerprint density at radius 1 is 0.941 bits per heavy atom. The van der Waals surface area contributed by atoms with Crippen molar-refractivity contribution in [1.82, 2.24) is 5.32 Å². The predicted octanol–water partition coefficient (Wildman–Crippen LogP) is 9.12. The average molecular weight is 711 g/mol. The van der Waals surface area contributed by atoms with E-state index in [2.05, 4.69) is 46.3 Å². The van der Waals surface area contributed by atoms with E-state index in [-0.39, 0.29) is 11.6 Å². The van der Waals surface area contributed by atoms with Crippen molar-refractivity contribution in [3.8, 4) is 6.07 Å². The molecular formula is C42H38N4O3S2. The van der Waals surface area contributed by atoms with Crippen molar-refractivity contribution in [1.29, 1.82) is 5.26 Å². The number of hydrogen-bond donors (Lipinski definition) is 3. The van der Waals surface area contributed by atoms with Crippen LogP contribution < -0.4 is 16.0 Å². The first-order valence-corrected chi connectivity index (χ1v) is 18.6. The minimum absolute atomic E-state index is 0.0959. The molecule has 0 saturated carbocycles. The molecule has 1 aliphatic rings. The fourth-order valence-corrected chi connectivity index (χ4v) is 8.39. The van der Waals surface area contributed by atoms with Crippen LogP contribution in [-0.4, -0.2) is 23.0 Å². The second-order valence-electron chi connectivity index (χ2n) is 12.4. The van der Waals surface area contributed by atoms with Gasteiger partial charge >= 0.3 is 0 Å². The van der Waals surface area contributed by atoms with Crippen molar-refractivity contribution < 1.29 is 14.4 Å². The molecule has 0 radical (unpaired) electrons. The molecule has 7 nitrogen and oxygen atoms in total. The summed E-state index contributed by atoms with van der Waals surface area (Å²) in [5.41, 5.74) is 5.84. The van der Waals surface area contributed by atoms with E-state index in [0.717, 1.165) is 40.8 Å². The number of nitriles is 1. The molecule has 0 saturated heterocycles. The number of carbonyl (C=O) groups is 3. The first kappa shape index (κ1) is 35.4. The van der Waals surface area contributed by atoms with Gasteiger partial charge in [-0.25, -0.2) is 0 Å². The van der Waals surface area contributed by atoms with E-state index in [9.17, 15) is 19.6 Å². The van der Waals surface area contributed by atoms with Gasteiger partial charge in [-0.15, -0.1) is 23.1 Å². The molecule has 3 amide bonds. The van der Waals surface area contributed by atoms with Gasteiger partial charge in [-0.05, 0) is 91.6 Å². The molecule has 51 heavy (non-hydrogen) atoms. The van der Waals surface area contributed by atoms with Crippen LogP contribution >= 0.6 is 23.1 Å². The summed E-state index contributed by atoms with van der Waals surface area (Å²) in [5, 5.41) is 19.0. The third kappa shape index (κ3) is 8.84. The maximum atomic E-state index is 13.6. The first-order valence-electron chi connectivity index (χ1n) is 16.9. The fraction of sp³-hybridized carbons (Fsp3) is 0.190. The molecule has 1 aromatic heterocycles. The highest BCUT2D eigenvalue weighted by molar-refractivity contribution is 8.00. The Balaban J connectivity index is 1.14. The highest BCUT2D eigenvalue weighted by atomic mass is 32.2. The zero-order chi connectivity index (χ0) is 35.7. The lowest BCUT2D eigenvalue weighted by Gasteiger charge is -2.22. The molecule has 5 aromatic rings. The van der Waals surface area contributed by atoms with E-state index in [1.54, 1.807) is 36.4 Å².